The highest BCUT2D eigenvalue weighted by atomic mass is 16.5. The third kappa shape index (κ3) is 4.78. The molecule has 2 rings (SSSR count). The minimum Gasteiger partial charge on any atom is -0.384 e. The second kappa shape index (κ2) is 7.63. The van der Waals surface area contributed by atoms with Crippen LogP contribution in [0.25, 0.3) is 0 Å². The van der Waals surface area contributed by atoms with Gasteiger partial charge in [0.15, 0.2) is 0 Å². The van der Waals surface area contributed by atoms with Crippen molar-refractivity contribution in [1.29, 1.82) is 0 Å². The number of amides is 1. The van der Waals surface area contributed by atoms with Gasteiger partial charge in [-0.15, -0.1) is 0 Å². The van der Waals surface area contributed by atoms with Crippen LogP contribution in [-0.2, 0) is 19.7 Å². The Morgan fingerprint density at radius 3 is 2.62 bits per heavy atom. The number of carbonyl (C=O) groups is 1. The molecule has 0 atom stereocenters. The molecule has 1 aromatic heterocycles. The van der Waals surface area contributed by atoms with Crippen molar-refractivity contribution >= 4 is 11.8 Å². The van der Waals surface area contributed by atoms with Crippen LogP contribution in [0.15, 0.2) is 10.6 Å². The number of hydrogen-bond donors (Lipinski definition) is 2. The van der Waals surface area contributed by atoms with Crippen molar-refractivity contribution in [1.82, 2.24) is 10.5 Å². The highest BCUT2D eigenvalue weighted by Crippen LogP contribution is 2.25. The van der Waals surface area contributed by atoms with Crippen molar-refractivity contribution in [2.45, 2.75) is 57.5 Å². The van der Waals surface area contributed by atoms with Gasteiger partial charge in [-0.2, -0.15) is 0 Å². The molecule has 2 heterocycles. The second-order valence-corrected chi connectivity index (χ2v) is 7.50. The molecule has 0 radical (unpaired) electrons. The normalized spacial score (nSPS) is 17.0. The zero-order chi connectivity index (χ0) is 17.8. The van der Waals surface area contributed by atoms with E-state index in [1.807, 2.05) is 27.7 Å². The predicted octanol–water partition coefficient (Wildman–Crippen LogP) is 2.08. The zero-order valence-corrected chi connectivity index (χ0v) is 15.3. The minimum absolute atomic E-state index is 0.152. The monoisotopic (exact) mass is 339 g/mol. The summed E-state index contributed by atoms with van der Waals surface area (Å²) < 4.78 is 15.8. The topological polar surface area (TPSA) is 85.6 Å². The van der Waals surface area contributed by atoms with Crippen molar-refractivity contribution < 1.29 is 18.8 Å². The van der Waals surface area contributed by atoms with Crippen LogP contribution in [0, 0.1) is 0 Å². The molecule has 0 saturated carbocycles. The van der Waals surface area contributed by atoms with Gasteiger partial charge in [-0.3, -0.25) is 10.1 Å². The standard InChI is InChI=1S/C17H29N3O4/c1-16(2,11-22-5)13-10-14(24-20-13)18-15(21)17(3,4)19-12-6-8-23-9-7-12/h10,12,19H,6-9,11H2,1-5H3,(H,18,21). The number of aromatic nitrogens is 1. The van der Waals surface area contributed by atoms with Crippen LogP contribution in [-0.4, -0.2) is 49.6 Å². The van der Waals surface area contributed by atoms with Crippen LogP contribution in [0.5, 0.6) is 0 Å². The summed E-state index contributed by atoms with van der Waals surface area (Å²) in [5.41, 5.74) is -0.247. The van der Waals surface area contributed by atoms with E-state index in [9.17, 15) is 4.79 Å². The van der Waals surface area contributed by atoms with Crippen molar-refractivity contribution in [3.63, 3.8) is 0 Å². The number of methoxy groups -OCH3 is 1. The lowest BCUT2D eigenvalue weighted by molar-refractivity contribution is -0.122. The molecule has 1 amide bonds. The van der Waals surface area contributed by atoms with E-state index in [-0.39, 0.29) is 17.4 Å². The molecular weight excluding hydrogens is 310 g/mol. The first-order valence-corrected chi connectivity index (χ1v) is 8.37. The third-order valence-electron chi connectivity index (χ3n) is 4.30. The van der Waals surface area contributed by atoms with Gasteiger partial charge in [-0.25, -0.2) is 0 Å². The van der Waals surface area contributed by atoms with Gasteiger partial charge < -0.3 is 19.3 Å². The number of nitrogens with one attached hydrogen (secondary N) is 2. The van der Waals surface area contributed by atoms with Crippen LogP contribution in [0.2, 0.25) is 0 Å². The summed E-state index contributed by atoms with van der Waals surface area (Å²) in [5, 5.41) is 10.3. The molecule has 1 fully saturated rings. The van der Waals surface area contributed by atoms with Gasteiger partial charge in [0.25, 0.3) is 0 Å². The molecule has 1 aromatic rings. The quantitative estimate of drug-likeness (QED) is 0.791. The Balaban J connectivity index is 1.97. The van der Waals surface area contributed by atoms with Gasteiger partial charge in [-0.1, -0.05) is 19.0 Å². The number of nitrogens with zero attached hydrogens (tertiary/aromatic N) is 1. The average Bonchev–Trinajstić information content (AvgIpc) is 2.97. The summed E-state index contributed by atoms with van der Waals surface area (Å²) in [5.74, 6) is 0.197. The summed E-state index contributed by atoms with van der Waals surface area (Å²) in [6, 6.07) is 2.03. The summed E-state index contributed by atoms with van der Waals surface area (Å²) in [7, 11) is 1.65. The molecule has 0 aliphatic carbocycles. The summed E-state index contributed by atoms with van der Waals surface area (Å²) in [4.78, 5) is 12.6. The van der Waals surface area contributed by atoms with Crippen LogP contribution in [0.3, 0.4) is 0 Å². The Kier molecular flexibility index (Phi) is 6.01. The number of ether oxygens (including phenoxy) is 2. The van der Waals surface area contributed by atoms with E-state index in [0.29, 0.717) is 12.5 Å². The fourth-order valence-corrected chi connectivity index (χ4v) is 2.77. The van der Waals surface area contributed by atoms with Crippen LogP contribution < -0.4 is 10.6 Å². The molecule has 7 nitrogen and oxygen atoms in total. The van der Waals surface area contributed by atoms with E-state index in [1.54, 1.807) is 13.2 Å². The van der Waals surface area contributed by atoms with E-state index in [2.05, 4.69) is 15.8 Å². The van der Waals surface area contributed by atoms with Crippen molar-refractivity contribution in [2.75, 3.05) is 32.2 Å². The third-order valence-corrected chi connectivity index (χ3v) is 4.30. The Morgan fingerprint density at radius 1 is 1.33 bits per heavy atom. The van der Waals surface area contributed by atoms with Crippen molar-refractivity contribution in [2.24, 2.45) is 0 Å². The van der Waals surface area contributed by atoms with Crippen LogP contribution in [0.1, 0.15) is 46.2 Å². The van der Waals surface area contributed by atoms with E-state index in [0.717, 1.165) is 31.7 Å². The minimum atomic E-state index is -0.711. The Morgan fingerprint density at radius 2 is 2.00 bits per heavy atom. The lowest BCUT2D eigenvalue weighted by atomic mass is 9.90. The SMILES string of the molecule is COCC(C)(C)c1cc(NC(=O)C(C)(C)NC2CCOCC2)on1. The van der Waals surface area contributed by atoms with Gasteiger partial charge >= 0.3 is 0 Å². The second-order valence-electron chi connectivity index (χ2n) is 7.50. The van der Waals surface area contributed by atoms with Gasteiger partial charge in [0.2, 0.25) is 11.8 Å². The van der Waals surface area contributed by atoms with Crippen LogP contribution >= 0.6 is 0 Å². The highest BCUT2D eigenvalue weighted by molar-refractivity contribution is 5.96. The van der Waals surface area contributed by atoms with Gasteiger partial charge in [0.05, 0.1) is 17.8 Å². The van der Waals surface area contributed by atoms with Gasteiger partial charge in [0.1, 0.15) is 0 Å². The lowest BCUT2D eigenvalue weighted by Crippen LogP contribution is -2.55. The molecule has 0 unspecified atom stereocenters. The lowest BCUT2D eigenvalue weighted by Gasteiger charge is -2.32. The maximum Gasteiger partial charge on any atom is 0.246 e. The molecule has 136 valence electrons. The largest absolute Gasteiger partial charge is 0.384 e. The number of anilines is 1. The first-order valence-electron chi connectivity index (χ1n) is 8.37. The predicted molar refractivity (Wildman–Crippen MR) is 91.1 cm³/mol. The van der Waals surface area contributed by atoms with Crippen LogP contribution in [0.4, 0.5) is 5.88 Å². The average molecular weight is 339 g/mol. The summed E-state index contributed by atoms with van der Waals surface area (Å²) in [6.07, 6.45) is 1.82. The fraction of sp³-hybridized carbons (Fsp3) is 0.765. The highest BCUT2D eigenvalue weighted by Gasteiger charge is 2.32. The smallest absolute Gasteiger partial charge is 0.246 e. The zero-order valence-electron chi connectivity index (χ0n) is 15.3. The molecule has 1 saturated heterocycles. The van der Waals surface area contributed by atoms with E-state index in [1.165, 1.54) is 0 Å². The molecule has 1 aliphatic rings. The van der Waals surface area contributed by atoms with Gasteiger partial charge in [0, 0.05) is 37.8 Å². The van der Waals surface area contributed by atoms with E-state index < -0.39 is 5.54 Å². The molecule has 7 heteroatoms. The Bertz CT molecular complexity index is 548. The van der Waals surface area contributed by atoms with E-state index in [4.69, 9.17) is 14.0 Å². The Hall–Kier alpha value is -1.44. The molecule has 24 heavy (non-hydrogen) atoms. The number of carbonyl (C=O) groups excluding carboxylic acids is 1. The van der Waals surface area contributed by atoms with Crippen molar-refractivity contribution in [3.8, 4) is 0 Å². The fourth-order valence-electron chi connectivity index (χ4n) is 2.77. The maximum absolute atomic E-state index is 12.6. The molecule has 2 N–H and O–H groups in total. The van der Waals surface area contributed by atoms with Crippen molar-refractivity contribution in [3.05, 3.63) is 11.8 Å². The molecular formula is C17H29N3O4. The van der Waals surface area contributed by atoms with E-state index >= 15 is 0 Å². The molecule has 1 aliphatic heterocycles. The molecule has 0 spiro atoms. The molecule has 0 bridgehead atoms. The first-order chi connectivity index (χ1) is 11.2. The molecule has 0 aromatic carbocycles. The van der Waals surface area contributed by atoms with Gasteiger partial charge in [-0.05, 0) is 26.7 Å². The Labute approximate surface area is 143 Å². The number of rotatable bonds is 7. The summed E-state index contributed by atoms with van der Waals surface area (Å²) >= 11 is 0. The first kappa shape index (κ1) is 18.9. The number of hydrogen-bond acceptors (Lipinski definition) is 6. The maximum atomic E-state index is 12.6. The summed E-state index contributed by atoms with van der Waals surface area (Å²) in [6.45, 7) is 9.73.